The molecular weight excluding hydrogens is 380 g/mol. The fraction of sp³-hybridized carbons (Fsp3) is 0.429. The van der Waals surface area contributed by atoms with E-state index in [4.69, 9.17) is 16.2 Å². The lowest BCUT2D eigenvalue weighted by Crippen LogP contribution is -2.04. The predicted molar refractivity (Wildman–Crippen MR) is 136 cm³/mol. The molecule has 1 aliphatic carbocycles. The van der Waals surface area contributed by atoms with Crippen LogP contribution in [0.2, 0.25) is 0 Å². The van der Waals surface area contributed by atoms with Crippen LogP contribution in [0.4, 0.5) is 0 Å². The van der Waals surface area contributed by atoms with E-state index in [0.717, 1.165) is 24.0 Å². The van der Waals surface area contributed by atoms with Gasteiger partial charge < -0.3 is 16.2 Å². The van der Waals surface area contributed by atoms with Crippen molar-refractivity contribution in [2.24, 2.45) is 11.5 Å². The van der Waals surface area contributed by atoms with E-state index in [1.807, 2.05) is 39.8 Å². The standard InChI is InChI=1S/C20H24O.C6H12N2.C2H6/c1-2-21-20-14-12-19(13-15-20)18-10-8-17(9-11-18)16-6-4-3-5-7-16;1-3-6(8)4-5(2)7;1-2/h8-16H,2-7H2,1H3;3-4H,7-8H2,1-2H3;1-2H3/b;5-4+,6-3+;. The molecule has 0 spiro atoms. The van der Waals surface area contributed by atoms with Gasteiger partial charge in [0.15, 0.2) is 0 Å². The maximum atomic E-state index is 5.50. The molecule has 4 N–H and O–H groups in total. The molecule has 3 nitrogen and oxygen atoms in total. The normalized spacial score (nSPS) is 14.6. The van der Waals surface area contributed by atoms with Gasteiger partial charge in [0.05, 0.1) is 6.61 Å². The topological polar surface area (TPSA) is 61.3 Å². The van der Waals surface area contributed by atoms with E-state index in [-0.39, 0.29) is 0 Å². The van der Waals surface area contributed by atoms with Crippen LogP contribution < -0.4 is 16.2 Å². The Morgan fingerprint density at radius 1 is 0.903 bits per heavy atom. The largest absolute Gasteiger partial charge is 0.494 e. The highest BCUT2D eigenvalue weighted by molar-refractivity contribution is 5.64. The number of rotatable bonds is 5. The van der Waals surface area contributed by atoms with Gasteiger partial charge in [-0.2, -0.15) is 0 Å². The summed E-state index contributed by atoms with van der Waals surface area (Å²) in [5, 5.41) is 0. The Hall–Kier alpha value is -2.68. The van der Waals surface area contributed by atoms with Gasteiger partial charge in [0.2, 0.25) is 0 Å². The molecule has 0 aliphatic heterocycles. The van der Waals surface area contributed by atoms with Gasteiger partial charge in [0.1, 0.15) is 5.75 Å². The molecule has 1 aliphatic rings. The van der Waals surface area contributed by atoms with Crippen molar-refractivity contribution in [3.63, 3.8) is 0 Å². The van der Waals surface area contributed by atoms with Crippen molar-refractivity contribution >= 4 is 0 Å². The first kappa shape index (κ1) is 26.4. The molecule has 0 radical (unpaired) electrons. The fourth-order valence-electron chi connectivity index (χ4n) is 3.64. The lowest BCUT2D eigenvalue weighted by atomic mass is 9.84. The molecule has 0 saturated heterocycles. The number of benzene rings is 2. The third-order valence-electron chi connectivity index (χ3n) is 5.21. The predicted octanol–water partition coefficient (Wildman–Crippen LogP) is 7.54. The molecule has 0 bridgehead atoms. The van der Waals surface area contributed by atoms with Crippen molar-refractivity contribution in [2.75, 3.05) is 6.61 Å². The van der Waals surface area contributed by atoms with Gasteiger partial charge in [0.25, 0.3) is 0 Å². The van der Waals surface area contributed by atoms with Crippen LogP contribution in [0.5, 0.6) is 5.75 Å². The Balaban J connectivity index is 0.000000409. The van der Waals surface area contributed by atoms with Crippen LogP contribution in [0.15, 0.2) is 72.1 Å². The number of nitrogens with two attached hydrogens (primary N) is 2. The van der Waals surface area contributed by atoms with E-state index < -0.39 is 0 Å². The highest BCUT2D eigenvalue weighted by Gasteiger charge is 2.15. The molecule has 2 aromatic rings. The Labute approximate surface area is 190 Å². The highest BCUT2D eigenvalue weighted by Crippen LogP contribution is 2.33. The fourth-order valence-corrected chi connectivity index (χ4v) is 3.64. The van der Waals surface area contributed by atoms with Crippen molar-refractivity contribution in [2.45, 2.75) is 72.6 Å². The molecule has 3 rings (SSSR count). The molecular formula is C28H42N2O. The van der Waals surface area contributed by atoms with Crippen molar-refractivity contribution in [3.05, 3.63) is 77.6 Å². The van der Waals surface area contributed by atoms with Crippen molar-refractivity contribution in [1.29, 1.82) is 0 Å². The Bertz CT molecular complexity index is 779. The molecule has 1 saturated carbocycles. The SMILES string of the molecule is C/C=C(N)\C=C(/C)N.CC.CCOc1ccc(-c2ccc(C3CCCCC3)cc2)cc1. The second-order valence-corrected chi connectivity index (χ2v) is 7.59. The van der Waals surface area contributed by atoms with Crippen LogP contribution in [-0.4, -0.2) is 6.61 Å². The monoisotopic (exact) mass is 422 g/mol. The van der Waals surface area contributed by atoms with E-state index in [2.05, 4.69) is 36.4 Å². The Kier molecular flexibility index (Phi) is 12.9. The molecule has 3 heteroatoms. The average molecular weight is 423 g/mol. The van der Waals surface area contributed by atoms with Crippen LogP contribution in [-0.2, 0) is 0 Å². The highest BCUT2D eigenvalue weighted by atomic mass is 16.5. The zero-order valence-electron chi connectivity index (χ0n) is 20.2. The number of hydrogen-bond donors (Lipinski definition) is 2. The minimum atomic E-state index is 0.713. The van der Waals surface area contributed by atoms with Crippen molar-refractivity contribution in [1.82, 2.24) is 0 Å². The van der Waals surface area contributed by atoms with E-state index in [0.29, 0.717) is 5.70 Å². The molecule has 0 heterocycles. The third kappa shape index (κ3) is 9.78. The average Bonchev–Trinajstić information content (AvgIpc) is 2.82. The van der Waals surface area contributed by atoms with Gasteiger partial charge in [0, 0.05) is 11.4 Å². The summed E-state index contributed by atoms with van der Waals surface area (Å²) in [7, 11) is 0. The van der Waals surface area contributed by atoms with Gasteiger partial charge in [-0.3, -0.25) is 0 Å². The number of ether oxygens (including phenoxy) is 1. The maximum absolute atomic E-state index is 5.50. The summed E-state index contributed by atoms with van der Waals surface area (Å²) < 4.78 is 5.50. The van der Waals surface area contributed by atoms with Crippen molar-refractivity contribution < 1.29 is 4.74 Å². The molecule has 2 aromatic carbocycles. The van der Waals surface area contributed by atoms with Gasteiger partial charge >= 0.3 is 0 Å². The molecule has 0 aromatic heterocycles. The number of hydrogen-bond acceptors (Lipinski definition) is 3. The van der Waals surface area contributed by atoms with E-state index in [9.17, 15) is 0 Å². The summed E-state index contributed by atoms with van der Waals surface area (Å²) in [6.07, 6.45) is 10.5. The lowest BCUT2D eigenvalue weighted by molar-refractivity contribution is 0.340. The first-order valence-corrected chi connectivity index (χ1v) is 11.7. The van der Waals surface area contributed by atoms with Gasteiger partial charge in [-0.05, 0) is 74.4 Å². The third-order valence-corrected chi connectivity index (χ3v) is 5.21. The van der Waals surface area contributed by atoms with Gasteiger partial charge in [-0.1, -0.05) is 75.6 Å². The second kappa shape index (κ2) is 15.2. The van der Waals surface area contributed by atoms with E-state index in [1.54, 1.807) is 19.1 Å². The zero-order valence-corrected chi connectivity index (χ0v) is 20.2. The number of allylic oxidation sites excluding steroid dienone is 3. The van der Waals surface area contributed by atoms with Crippen LogP contribution in [0.1, 0.15) is 78.2 Å². The molecule has 0 unspecified atom stereocenters. The van der Waals surface area contributed by atoms with Crippen LogP contribution >= 0.6 is 0 Å². The first-order valence-electron chi connectivity index (χ1n) is 11.7. The van der Waals surface area contributed by atoms with Gasteiger partial charge in [-0.15, -0.1) is 0 Å². The van der Waals surface area contributed by atoms with Crippen LogP contribution in [0.3, 0.4) is 0 Å². The summed E-state index contributed by atoms with van der Waals surface area (Å²) in [6, 6.07) is 17.5. The molecule has 1 fully saturated rings. The summed E-state index contributed by atoms with van der Waals surface area (Å²) in [5.74, 6) is 1.73. The van der Waals surface area contributed by atoms with E-state index >= 15 is 0 Å². The summed E-state index contributed by atoms with van der Waals surface area (Å²) in [5.41, 5.74) is 16.2. The van der Waals surface area contributed by atoms with Gasteiger partial charge in [-0.25, -0.2) is 0 Å². The van der Waals surface area contributed by atoms with Crippen LogP contribution in [0, 0.1) is 0 Å². The van der Waals surface area contributed by atoms with Crippen molar-refractivity contribution in [3.8, 4) is 16.9 Å². The Morgan fingerprint density at radius 2 is 1.42 bits per heavy atom. The minimum Gasteiger partial charge on any atom is -0.494 e. The molecule has 31 heavy (non-hydrogen) atoms. The second-order valence-electron chi connectivity index (χ2n) is 7.59. The van der Waals surface area contributed by atoms with E-state index in [1.165, 1.54) is 48.8 Å². The van der Waals surface area contributed by atoms with Crippen LogP contribution in [0.25, 0.3) is 11.1 Å². The maximum Gasteiger partial charge on any atom is 0.119 e. The smallest absolute Gasteiger partial charge is 0.119 e. The Morgan fingerprint density at radius 3 is 1.84 bits per heavy atom. The molecule has 0 amide bonds. The molecule has 170 valence electrons. The summed E-state index contributed by atoms with van der Waals surface area (Å²) in [6.45, 7) is 10.4. The first-order chi connectivity index (χ1) is 15.0. The zero-order chi connectivity index (χ0) is 23.1. The molecule has 0 atom stereocenters. The summed E-state index contributed by atoms with van der Waals surface area (Å²) in [4.78, 5) is 0. The quantitative estimate of drug-likeness (QED) is 0.489. The summed E-state index contributed by atoms with van der Waals surface area (Å²) >= 11 is 0. The minimum absolute atomic E-state index is 0.713. The lowest BCUT2D eigenvalue weighted by Gasteiger charge is -2.22.